The Balaban J connectivity index is 2.34. The molecule has 0 aliphatic heterocycles. The maximum atomic E-state index is 9.30. The van der Waals surface area contributed by atoms with Gasteiger partial charge in [0, 0.05) is 12.0 Å². The van der Waals surface area contributed by atoms with Crippen LogP contribution in [0.2, 0.25) is 5.02 Å². The smallest absolute Gasteiger partial charge is 0.135 e. The standard InChI is InChI=1S/C14H15ClO2/c1-9-4-3-5-12(14(9)15)13-7-6-11(17-13)8-10(2)16/h3-7,10,16H,8H2,1-2H3. The molecule has 1 unspecified atom stereocenters. The van der Waals surface area contributed by atoms with Crippen molar-refractivity contribution in [1.29, 1.82) is 0 Å². The van der Waals surface area contributed by atoms with Gasteiger partial charge in [0.2, 0.25) is 0 Å². The van der Waals surface area contributed by atoms with Gasteiger partial charge in [-0.25, -0.2) is 0 Å². The first-order valence-electron chi connectivity index (χ1n) is 5.60. The number of halogens is 1. The number of hydrogen-bond donors (Lipinski definition) is 1. The van der Waals surface area contributed by atoms with E-state index in [1.54, 1.807) is 6.92 Å². The third-order valence-corrected chi connectivity index (χ3v) is 3.12. The van der Waals surface area contributed by atoms with Crippen molar-refractivity contribution in [2.24, 2.45) is 0 Å². The maximum absolute atomic E-state index is 9.30. The van der Waals surface area contributed by atoms with Crippen LogP contribution in [-0.4, -0.2) is 11.2 Å². The van der Waals surface area contributed by atoms with Gasteiger partial charge in [0.25, 0.3) is 0 Å². The minimum atomic E-state index is -0.401. The molecule has 0 radical (unpaired) electrons. The average Bonchev–Trinajstić information content (AvgIpc) is 2.69. The van der Waals surface area contributed by atoms with Crippen molar-refractivity contribution in [3.8, 4) is 11.3 Å². The summed E-state index contributed by atoms with van der Waals surface area (Å²) < 4.78 is 5.67. The Morgan fingerprint density at radius 2 is 2.06 bits per heavy atom. The summed E-state index contributed by atoms with van der Waals surface area (Å²) in [6.45, 7) is 3.70. The van der Waals surface area contributed by atoms with Crippen LogP contribution in [0.4, 0.5) is 0 Å². The molecule has 3 heteroatoms. The highest BCUT2D eigenvalue weighted by atomic mass is 35.5. The molecule has 1 heterocycles. The molecule has 1 N–H and O–H groups in total. The SMILES string of the molecule is Cc1cccc(-c2ccc(CC(C)O)o2)c1Cl. The highest BCUT2D eigenvalue weighted by Gasteiger charge is 2.10. The van der Waals surface area contributed by atoms with Gasteiger partial charge in [-0.3, -0.25) is 0 Å². The van der Waals surface area contributed by atoms with E-state index in [4.69, 9.17) is 16.0 Å². The van der Waals surface area contributed by atoms with Gasteiger partial charge in [0.1, 0.15) is 11.5 Å². The molecule has 1 aromatic carbocycles. The van der Waals surface area contributed by atoms with Crippen LogP contribution in [0.25, 0.3) is 11.3 Å². The summed E-state index contributed by atoms with van der Waals surface area (Å²) in [5.74, 6) is 1.52. The zero-order valence-corrected chi connectivity index (χ0v) is 10.7. The molecule has 0 amide bonds. The van der Waals surface area contributed by atoms with E-state index in [2.05, 4.69) is 0 Å². The predicted molar refractivity (Wildman–Crippen MR) is 69.3 cm³/mol. The Bertz CT molecular complexity index is 515. The van der Waals surface area contributed by atoms with Crippen molar-refractivity contribution in [1.82, 2.24) is 0 Å². The molecule has 90 valence electrons. The second-order valence-corrected chi connectivity index (χ2v) is 4.63. The van der Waals surface area contributed by atoms with Gasteiger partial charge in [0.15, 0.2) is 0 Å². The summed E-state index contributed by atoms with van der Waals surface area (Å²) >= 11 is 6.23. The number of benzene rings is 1. The fourth-order valence-corrected chi connectivity index (χ4v) is 1.98. The Hall–Kier alpha value is -1.25. The van der Waals surface area contributed by atoms with Crippen molar-refractivity contribution < 1.29 is 9.52 Å². The van der Waals surface area contributed by atoms with Gasteiger partial charge in [-0.15, -0.1) is 0 Å². The molecular weight excluding hydrogens is 236 g/mol. The number of rotatable bonds is 3. The Labute approximate surface area is 106 Å². The normalized spacial score (nSPS) is 12.7. The molecule has 0 spiro atoms. The van der Waals surface area contributed by atoms with E-state index >= 15 is 0 Å². The molecule has 1 atom stereocenters. The summed E-state index contributed by atoms with van der Waals surface area (Å²) in [7, 11) is 0. The summed E-state index contributed by atoms with van der Waals surface area (Å²) in [4.78, 5) is 0. The third-order valence-electron chi connectivity index (χ3n) is 2.62. The van der Waals surface area contributed by atoms with Crippen molar-refractivity contribution in [2.75, 3.05) is 0 Å². The number of furan rings is 1. The Morgan fingerprint density at radius 1 is 1.29 bits per heavy atom. The van der Waals surface area contributed by atoms with Crippen LogP contribution < -0.4 is 0 Å². The van der Waals surface area contributed by atoms with Gasteiger partial charge in [0.05, 0.1) is 11.1 Å². The summed E-state index contributed by atoms with van der Waals surface area (Å²) in [6.07, 6.45) is 0.116. The monoisotopic (exact) mass is 250 g/mol. The molecular formula is C14H15ClO2. The van der Waals surface area contributed by atoms with E-state index in [9.17, 15) is 5.11 Å². The first-order chi connectivity index (χ1) is 8.08. The van der Waals surface area contributed by atoms with Crippen LogP contribution in [0.15, 0.2) is 34.7 Å². The van der Waals surface area contributed by atoms with E-state index in [-0.39, 0.29) is 0 Å². The van der Waals surface area contributed by atoms with E-state index in [1.807, 2.05) is 37.3 Å². The van der Waals surface area contributed by atoms with E-state index in [0.717, 1.165) is 22.6 Å². The maximum Gasteiger partial charge on any atom is 0.135 e. The van der Waals surface area contributed by atoms with E-state index < -0.39 is 6.10 Å². The zero-order valence-electron chi connectivity index (χ0n) is 9.90. The predicted octanol–water partition coefficient (Wildman–Crippen LogP) is 3.83. The van der Waals surface area contributed by atoms with Crippen LogP contribution in [-0.2, 0) is 6.42 Å². The quantitative estimate of drug-likeness (QED) is 0.898. The highest BCUT2D eigenvalue weighted by molar-refractivity contribution is 6.34. The van der Waals surface area contributed by atoms with Gasteiger partial charge < -0.3 is 9.52 Å². The minimum absolute atomic E-state index is 0.401. The number of hydrogen-bond acceptors (Lipinski definition) is 2. The molecule has 1 aromatic heterocycles. The second-order valence-electron chi connectivity index (χ2n) is 4.26. The van der Waals surface area contributed by atoms with Crippen LogP contribution in [0, 0.1) is 6.92 Å². The lowest BCUT2D eigenvalue weighted by molar-refractivity contribution is 0.187. The summed E-state index contributed by atoms with van der Waals surface area (Å²) in [6, 6.07) is 9.61. The van der Waals surface area contributed by atoms with Crippen molar-refractivity contribution >= 4 is 11.6 Å². The molecule has 2 aromatic rings. The highest BCUT2D eigenvalue weighted by Crippen LogP contribution is 2.31. The van der Waals surface area contributed by atoms with Crippen LogP contribution in [0.1, 0.15) is 18.2 Å². The zero-order chi connectivity index (χ0) is 12.4. The topological polar surface area (TPSA) is 33.4 Å². The lowest BCUT2D eigenvalue weighted by Gasteiger charge is -2.04. The fraction of sp³-hybridized carbons (Fsp3) is 0.286. The van der Waals surface area contributed by atoms with Crippen LogP contribution in [0.3, 0.4) is 0 Å². The molecule has 0 aliphatic carbocycles. The van der Waals surface area contributed by atoms with E-state index in [0.29, 0.717) is 11.4 Å². The third kappa shape index (κ3) is 2.71. The van der Waals surface area contributed by atoms with Crippen molar-refractivity contribution in [3.63, 3.8) is 0 Å². The fourth-order valence-electron chi connectivity index (χ4n) is 1.76. The Kier molecular flexibility index (Phi) is 3.55. The van der Waals surface area contributed by atoms with Gasteiger partial charge in [-0.2, -0.15) is 0 Å². The summed E-state index contributed by atoms with van der Waals surface area (Å²) in [5, 5.41) is 10.0. The van der Waals surface area contributed by atoms with Gasteiger partial charge >= 0.3 is 0 Å². The lowest BCUT2D eigenvalue weighted by atomic mass is 10.1. The number of aliphatic hydroxyl groups is 1. The number of aryl methyl sites for hydroxylation is 1. The summed E-state index contributed by atoms with van der Waals surface area (Å²) in [5.41, 5.74) is 1.92. The van der Waals surface area contributed by atoms with Gasteiger partial charge in [-0.05, 0) is 37.6 Å². The first kappa shape index (κ1) is 12.2. The largest absolute Gasteiger partial charge is 0.461 e. The molecule has 2 nitrogen and oxygen atoms in total. The molecule has 0 saturated carbocycles. The van der Waals surface area contributed by atoms with Crippen LogP contribution in [0.5, 0.6) is 0 Å². The second kappa shape index (κ2) is 4.94. The first-order valence-corrected chi connectivity index (χ1v) is 5.98. The van der Waals surface area contributed by atoms with Crippen molar-refractivity contribution in [2.45, 2.75) is 26.4 Å². The van der Waals surface area contributed by atoms with Gasteiger partial charge in [-0.1, -0.05) is 23.7 Å². The molecule has 0 saturated heterocycles. The minimum Gasteiger partial charge on any atom is -0.461 e. The van der Waals surface area contributed by atoms with Crippen molar-refractivity contribution in [3.05, 3.63) is 46.7 Å². The average molecular weight is 251 g/mol. The molecule has 0 fully saturated rings. The van der Waals surface area contributed by atoms with Crippen LogP contribution >= 0.6 is 11.6 Å². The number of aliphatic hydroxyl groups excluding tert-OH is 1. The molecule has 17 heavy (non-hydrogen) atoms. The lowest BCUT2D eigenvalue weighted by Crippen LogP contribution is -2.02. The van der Waals surface area contributed by atoms with E-state index in [1.165, 1.54) is 0 Å². The molecule has 0 bridgehead atoms. The molecule has 2 rings (SSSR count). The Morgan fingerprint density at radius 3 is 2.76 bits per heavy atom. The molecule has 0 aliphatic rings.